The molecule has 0 N–H and O–H groups in total. The van der Waals surface area contributed by atoms with Crippen molar-refractivity contribution in [3.63, 3.8) is 0 Å². The summed E-state index contributed by atoms with van der Waals surface area (Å²) in [7, 11) is -3.81. The quantitative estimate of drug-likeness (QED) is 0.592. The third-order valence-electron chi connectivity index (χ3n) is 7.22. The Bertz CT molecular complexity index is 495. The molecule has 4 unspecified atom stereocenters. The smallest absolute Gasteiger partial charge is 0.298 e. The first-order valence-corrected chi connectivity index (χ1v) is 15.5. The summed E-state index contributed by atoms with van der Waals surface area (Å²) < 4.78 is 12.4. The van der Waals surface area contributed by atoms with Crippen LogP contribution in [-0.4, -0.2) is 29.2 Å². The molecule has 0 aliphatic heterocycles. The molecule has 0 aromatic rings. The zero-order chi connectivity index (χ0) is 18.6. The molecule has 0 spiro atoms. The van der Waals surface area contributed by atoms with Crippen LogP contribution in [0.3, 0.4) is 0 Å². The molecule has 0 aromatic heterocycles. The molecule has 0 heterocycles. The van der Waals surface area contributed by atoms with Crippen molar-refractivity contribution in [1.29, 1.82) is 0 Å². The van der Waals surface area contributed by atoms with E-state index < -0.39 is 16.6 Å². The van der Waals surface area contributed by atoms with E-state index in [0.29, 0.717) is 17.4 Å². The van der Waals surface area contributed by atoms with Crippen molar-refractivity contribution in [3.05, 3.63) is 0 Å². The predicted molar refractivity (Wildman–Crippen MR) is 105 cm³/mol. The van der Waals surface area contributed by atoms with Gasteiger partial charge in [-0.3, -0.25) is 4.79 Å². The predicted octanol–water partition coefficient (Wildman–Crippen LogP) is 5.58. The molecule has 140 valence electrons. The van der Waals surface area contributed by atoms with E-state index in [4.69, 9.17) is 8.85 Å². The molecule has 0 radical (unpaired) electrons. The number of hydrogen-bond donors (Lipinski definition) is 0. The lowest BCUT2D eigenvalue weighted by Gasteiger charge is -2.45. The Balaban J connectivity index is 2.20. The first-order chi connectivity index (χ1) is 10.7. The van der Waals surface area contributed by atoms with Crippen LogP contribution < -0.4 is 0 Å². The van der Waals surface area contributed by atoms with Crippen LogP contribution in [0.4, 0.5) is 0 Å². The summed E-state index contributed by atoms with van der Waals surface area (Å²) in [5.41, 5.74) is 0.290. The van der Waals surface area contributed by atoms with Gasteiger partial charge in [-0.15, -0.1) is 0 Å². The maximum atomic E-state index is 13.2. The third kappa shape index (κ3) is 3.41. The summed E-state index contributed by atoms with van der Waals surface area (Å²) in [5.74, 6) is 1.21. The third-order valence-corrected chi connectivity index (χ3v) is 15.0. The monoisotopic (exact) mass is 370 g/mol. The van der Waals surface area contributed by atoms with Gasteiger partial charge in [-0.1, -0.05) is 20.8 Å². The van der Waals surface area contributed by atoms with Gasteiger partial charge >= 0.3 is 0 Å². The second-order valence-electron chi connectivity index (χ2n) is 10.4. The lowest BCUT2D eigenvalue weighted by molar-refractivity contribution is -0.149. The normalized spacial score (nSPS) is 33.8. The van der Waals surface area contributed by atoms with Gasteiger partial charge in [-0.05, 0) is 81.7 Å². The maximum Gasteiger partial charge on any atom is 0.298 e. The summed E-state index contributed by atoms with van der Waals surface area (Å²) in [6.45, 7) is 20.7. The van der Waals surface area contributed by atoms with Crippen LogP contribution >= 0.6 is 0 Å². The Labute approximate surface area is 151 Å². The van der Waals surface area contributed by atoms with Crippen LogP contribution in [0.25, 0.3) is 0 Å². The minimum atomic E-state index is -2.06. The molecular formula is C19H38O3Si2. The first-order valence-electron chi connectivity index (χ1n) is 9.62. The number of hydrogen-bond acceptors (Lipinski definition) is 3. The summed E-state index contributed by atoms with van der Waals surface area (Å²) in [6.07, 6.45) is 3.46. The molecule has 2 aliphatic rings. The Morgan fingerprint density at radius 3 is 2.21 bits per heavy atom. The molecule has 0 saturated heterocycles. The van der Waals surface area contributed by atoms with Gasteiger partial charge in [-0.25, -0.2) is 0 Å². The number of rotatable bonds is 5. The van der Waals surface area contributed by atoms with Crippen LogP contribution in [0.5, 0.6) is 0 Å². The topological polar surface area (TPSA) is 35.5 Å². The summed E-state index contributed by atoms with van der Waals surface area (Å²) in [4.78, 5) is 13.2. The van der Waals surface area contributed by atoms with Gasteiger partial charge in [0.25, 0.3) is 14.3 Å². The summed E-state index contributed by atoms with van der Waals surface area (Å²) in [5, 5.41) is 0.0649. The lowest BCUT2D eigenvalue weighted by atomic mass is 9.74. The van der Waals surface area contributed by atoms with E-state index in [2.05, 4.69) is 60.8 Å². The highest BCUT2D eigenvalue weighted by molar-refractivity contribution is 6.75. The van der Waals surface area contributed by atoms with E-state index in [1.807, 2.05) is 0 Å². The summed E-state index contributed by atoms with van der Waals surface area (Å²) in [6, 6.07) is 0. The second kappa shape index (κ2) is 6.24. The van der Waals surface area contributed by atoms with Crippen molar-refractivity contribution in [2.45, 2.75) is 90.6 Å². The van der Waals surface area contributed by atoms with Gasteiger partial charge in [0.1, 0.15) is 0 Å². The van der Waals surface area contributed by atoms with Crippen molar-refractivity contribution in [2.75, 3.05) is 6.61 Å². The minimum Gasteiger partial charge on any atom is -0.519 e. The lowest BCUT2D eigenvalue weighted by Crippen LogP contribution is -2.50. The fraction of sp³-hybridized carbons (Fsp3) is 0.947. The van der Waals surface area contributed by atoms with E-state index in [1.54, 1.807) is 0 Å². The standard InChI is InChI=1S/C19H38O3Si2/c1-10-21-23(6,7)16-12-14-11-15(16)19(5,13-14)17(20)22-24(8,9)18(2,3)4/h14-16H,10-13H2,1-9H3. The first kappa shape index (κ1) is 20.2. The van der Waals surface area contributed by atoms with Crippen molar-refractivity contribution >= 4 is 22.6 Å². The van der Waals surface area contributed by atoms with Crippen LogP contribution in [-0.2, 0) is 13.6 Å². The van der Waals surface area contributed by atoms with Crippen LogP contribution in [0.1, 0.15) is 53.9 Å². The van der Waals surface area contributed by atoms with Crippen molar-refractivity contribution in [2.24, 2.45) is 17.3 Å². The average molecular weight is 371 g/mol. The van der Waals surface area contributed by atoms with Crippen LogP contribution in [0.2, 0.25) is 36.8 Å². The van der Waals surface area contributed by atoms with Gasteiger partial charge in [0, 0.05) is 6.61 Å². The minimum absolute atomic E-state index is 0.0649. The zero-order valence-corrected chi connectivity index (χ0v) is 19.3. The number of fused-ring (bicyclic) bond motifs is 2. The van der Waals surface area contributed by atoms with Crippen molar-refractivity contribution in [1.82, 2.24) is 0 Å². The van der Waals surface area contributed by atoms with Gasteiger partial charge in [0.2, 0.25) is 0 Å². The molecular weight excluding hydrogens is 332 g/mol. The average Bonchev–Trinajstić information content (AvgIpc) is 2.94. The molecule has 5 heteroatoms. The van der Waals surface area contributed by atoms with E-state index in [-0.39, 0.29) is 16.4 Å². The van der Waals surface area contributed by atoms with Crippen LogP contribution in [0.15, 0.2) is 0 Å². The molecule has 4 atom stereocenters. The molecule has 2 aliphatic carbocycles. The number of carbonyl (C=O) groups excluding carboxylic acids is 1. The molecule has 2 saturated carbocycles. The van der Waals surface area contributed by atoms with Gasteiger partial charge < -0.3 is 8.85 Å². The Hall–Kier alpha value is -0.136. The van der Waals surface area contributed by atoms with Gasteiger partial charge in [0.05, 0.1) is 5.41 Å². The van der Waals surface area contributed by atoms with Gasteiger partial charge in [0.15, 0.2) is 8.32 Å². The molecule has 2 fully saturated rings. The van der Waals surface area contributed by atoms with E-state index in [1.165, 1.54) is 12.8 Å². The molecule has 24 heavy (non-hydrogen) atoms. The Kier molecular flexibility index (Phi) is 5.24. The molecule has 2 bridgehead atoms. The Morgan fingerprint density at radius 1 is 1.17 bits per heavy atom. The molecule has 2 rings (SSSR count). The fourth-order valence-electron chi connectivity index (χ4n) is 4.75. The Morgan fingerprint density at radius 2 is 1.75 bits per heavy atom. The maximum absolute atomic E-state index is 13.2. The van der Waals surface area contributed by atoms with Gasteiger partial charge in [-0.2, -0.15) is 0 Å². The van der Waals surface area contributed by atoms with E-state index in [9.17, 15) is 4.79 Å². The van der Waals surface area contributed by atoms with E-state index in [0.717, 1.165) is 13.0 Å². The zero-order valence-electron chi connectivity index (χ0n) is 17.3. The largest absolute Gasteiger partial charge is 0.519 e. The highest BCUT2D eigenvalue weighted by Crippen LogP contribution is 2.64. The van der Waals surface area contributed by atoms with Crippen molar-refractivity contribution < 1.29 is 13.6 Å². The highest BCUT2D eigenvalue weighted by atomic mass is 28.4. The van der Waals surface area contributed by atoms with Crippen LogP contribution in [0, 0.1) is 17.3 Å². The second-order valence-corrected chi connectivity index (χ2v) is 19.3. The summed E-state index contributed by atoms with van der Waals surface area (Å²) >= 11 is 0. The highest BCUT2D eigenvalue weighted by Gasteiger charge is 2.62. The fourth-order valence-corrected chi connectivity index (χ4v) is 9.08. The van der Waals surface area contributed by atoms with Crippen molar-refractivity contribution in [3.8, 4) is 0 Å². The number of carbonyl (C=O) groups is 1. The molecule has 0 aromatic carbocycles. The van der Waals surface area contributed by atoms with E-state index >= 15 is 0 Å². The molecule has 0 amide bonds. The molecule has 3 nitrogen and oxygen atoms in total. The SMILES string of the molecule is CCO[Si](C)(C)C1CC2CC1C(C)(C(=O)O[Si](C)(C)C(C)(C)C)C2.